The minimum atomic E-state index is 0.336. The molecular formula is C12H20N4O. The Hall–Kier alpha value is -1.20. The van der Waals surface area contributed by atoms with Crippen LogP contribution in [-0.4, -0.2) is 48.4 Å². The fourth-order valence-electron chi connectivity index (χ4n) is 1.94. The second kappa shape index (κ2) is 5.93. The van der Waals surface area contributed by atoms with Crippen LogP contribution in [0.25, 0.3) is 0 Å². The Labute approximate surface area is 102 Å². The molecule has 0 spiro atoms. The van der Waals surface area contributed by atoms with Crippen molar-refractivity contribution in [3.63, 3.8) is 0 Å². The molecule has 17 heavy (non-hydrogen) atoms. The van der Waals surface area contributed by atoms with Crippen LogP contribution < -0.4 is 10.2 Å². The summed E-state index contributed by atoms with van der Waals surface area (Å²) in [5.41, 5.74) is 0. The maximum atomic E-state index is 5.54. The lowest BCUT2D eigenvalue weighted by Gasteiger charge is -2.36. The van der Waals surface area contributed by atoms with Crippen molar-refractivity contribution in [1.29, 1.82) is 0 Å². The van der Waals surface area contributed by atoms with Gasteiger partial charge in [-0.25, -0.2) is 4.98 Å². The SMILES string of the molecule is CC(C)NCC1COCCN1c1cnccn1. The molecule has 0 saturated carbocycles. The Kier molecular flexibility index (Phi) is 4.28. The van der Waals surface area contributed by atoms with Gasteiger partial charge in [0.25, 0.3) is 0 Å². The summed E-state index contributed by atoms with van der Waals surface area (Å²) in [5, 5.41) is 3.45. The van der Waals surface area contributed by atoms with Gasteiger partial charge in [0, 0.05) is 31.5 Å². The summed E-state index contributed by atoms with van der Waals surface area (Å²) < 4.78 is 5.54. The first-order valence-electron chi connectivity index (χ1n) is 6.11. The smallest absolute Gasteiger partial charge is 0.147 e. The summed E-state index contributed by atoms with van der Waals surface area (Å²) >= 11 is 0. The maximum Gasteiger partial charge on any atom is 0.147 e. The highest BCUT2D eigenvalue weighted by Gasteiger charge is 2.24. The first-order valence-corrected chi connectivity index (χ1v) is 6.11. The van der Waals surface area contributed by atoms with Gasteiger partial charge in [0.15, 0.2) is 0 Å². The molecule has 1 fully saturated rings. The molecule has 5 heteroatoms. The molecule has 0 aliphatic carbocycles. The van der Waals surface area contributed by atoms with Crippen molar-refractivity contribution in [3.8, 4) is 0 Å². The molecule has 1 N–H and O–H groups in total. The lowest BCUT2D eigenvalue weighted by atomic mass is 10.2. The molecule has 0 aromatic carbocycles. The van der Waals surface area contributed by atoms with Crippen molar-refractivity contribution in [2.45, 2.75) is 25.9 Å². The summed E-state index contributed by atoms with van der Waals surface area (Å²) in [6.45, 7) is 7.59. The van der Waals surface area contributed by atoms with E-state index in [4.69, 9.17) is 4.74 Å². The van der Waals surface area contributed by atoms with Crippen LogP contribution in [0.3, 0.4) is 0 Å². The monoisotopic (exact) mass is 236 g/mol. The number of nitrogens with one attached hydrogen (secondary N) is 1. The highest BCUT2D eigenvalue weighted by atomic mass is 16.5. The second-order valence-electron chi connectivity index (χ2n) is 4.55. The predicted molar refractivity (Wildman–Crippen MR) is 67.1 cm³/mol. The van der Waals surface area contributed by atoms with Gasteiger partial charge in [-0.3, -0.25) is 4.98 Å². The molecule has 1 aromatic rings. The van der Waals surface area contributed by atoms with Crippen molar-refractivity contribution in [2.75, 3.05) is 31.2 Å². The third-order valence-corrected chi connectivity index (χ3v) is 2.83. The summed E-state index contributed by atoms with van der Waals surface area (Å²) in [6, 6.07) is 0.823. The molecule has 2 heterocycles. The Bertz CT molecular complexity index is 331. The number of morpholine rings is 1. The van der Waals surface area contributed by atoms with Crippen molar-refractivity contribution in [1.82, 2.24) is 15.3 Å². The highest BCUT2D eigenvalue weighted by molar-refractivity contribution is 5.37. The molecule has 0 radical (unpaired) electrons. The number of hydrogen-bond acceptors (Lipinski definition) is 5. The van der Waals surface area contributed by atoms with Gasteiger partial charge in [0.2, 0.25) is 0 Å². The highest BCUT2D eigenvalue weighted by Crippen LogP contribution is 2.15. The predicted octanol–water partition coefficient (Wildman–Crippen LogP) is 0.680. The number of nitrogens with zero attached hydrogens (tertiary/aromatic N) is 3. The molecule has 1 atom stereocenters. The minimum absolute atomic E-state index is 0.336. The Morgan fingerprint density at radius 1 is 1.53 bits per heavy atom. The van der Waals surface area contributed by atoms with Crippen molar-refractivity contribution >= 4 is 5.82 Å². The van der Waals surface area contributed by atoms with Gasteiger partial charge < -0.3 is 15.0 Å². The average Bonchev–Trinajstić information content (AvgIpc) is 2.38. The van der Waals surface area contributed by atoms with Crippen LogP contribution >= 0.6 is 0 Å². The zero-order valence-corrected chi connectivity index (χ0v) is 10.5. The van der Waals surface area contributed by atoms with E-state index in [9.17, 15) is 0 Å². The zero-order chi connectivity index (χ0) is 12.1. The van der Waals surface area contributed by atoms with Gasteiger partial charge in [0.1, 0.15) is 5.82 Å². The van der Waals surface area contributed by atoms with E-state index in [-0.39, 0.29) is 0 Å². The fourth-order valence-corrected chi connectivity index (χ4v) is 1.94. The van der Waals surface area contributed by atoms with Crippen molar-refractivity contribution in [2.24, 2.45) is 0 Å². The van der Waals surface area contributed by atoms with E-state index in [2.05, 4.69) is 34.0 Å². The van der Waals surface area contributed by atoms with Crippen LogP contribution in [0, 0.1) is 0 Å². The molecular weight excluding hydrogens is 216 g/mol. The number of anilines is 1. The second-order valence-corrected chi connectivity index (χ2v) is 4.55. The fraction of sp³-hybridized carbons (Fsp3) is 0.667. The largest absolute Gasteiger partial charge is 0.377 e. The molecule has 1 aromatic heterocycles. The van der Waals surface area contributed by atoms with Crippen molar-refractivity contribution in [3.05, 3.63) is 18.6 Å². The molecule has 2 rings (SSSR count). The van der Waals surface area contributed by atoms with Crippen LogP contribution in [0.15, 0.2) is 18.6 Å². The summed E-state index contributed by atoms with van der Waals surface area (Å²) in [4.78, 5) is 10.8. The van der Waals surface area contributed by atoms with Crippen LogP contribution in [-0.2, 0) is 4.74 Å². The molecule has 1 aliphatic heterocycles. The lowest BCUT2D eigenvalue weighted by molar-refractivity contribution is 0.0927. The summed E-state index contributed by atoms with van der Waals surface area (Å²) in [6.07, 6.45) is 5.25. The van der Waals surface area contributed by atoms with E-state index < -0.39 is 0 Å². The normalized spacial score (nSPS) is 20.9. The number of rotatable bonds is 4. The number of ether oxygens (including phenoxy) is 1. The molecule has 0 bridgehead atoms. The Morgan fingerprint density at radius 2 is 2.41 bits per heavy atom. The van der Waals surface area contributed by atoms with Gasteiger partial charge in [-0.1, -0.05) is 13.8 Å². The van der Waals surface area contributed by atoms with E-state index in [1.807, 2.05) is 6.20 Å². The molecule has 0 amide bonds. The van der Waals surface area contributed by atoms with Crippen LogP contribution in [0.4, 0.5) is 5.82 Å². The Morgan fingerprint density at radius 3 is 3.12 bits per heavy atom. The van der Waals surface area contributed by atoms with Crippen LogP contribution in [0.2, 0.25) is 0 Å². The molecule has 1 aliphatic rings. The quantitative estimate of drug-likeness (QED) is 0.833. The van der Waals surface area contributed by atoms with Crippen LogP contribution in [0.5, 0.6) is 0 Å². The first-order chi connectivity index (χ1) is 8.27. The van der Waals surface area contributed by atoms with E-state index in [0.29, 0.717) is 12.1 Å². The van der Waals surface area contributed by atoms with Crippen molar-refractivity contribution < 1.29 is 4.74 Å². The topological polar surface area (TPSA) is 50.3 Å². The minimum Gasteiger partial charge on any atom is -0.377 e. The summed E-state index contributed by atoms with van der Waals surface area (Å²) in [7, 11) is 0. The standard InChI is InChI=1S/C12H20N4O/c1-10(2)15-7-11-9-17-6-5-16(11)12-8-13-3-4-14-12/h3-4,8,10-11,15H,5-7,9H2,1-2H3. The van der Waals surface area contributed by atoms with Gasteiger partial charge in [0.05, 0.1) is 25.5 Å². The molecule has 5 nitrogen and oxygen atoms in total. The maximum absolute atomic E-state index is 5.54. The Balaban J connectivity index is 2.02. The van der Waals surface area contributed by atoms with Gasteiger partial charge >= 0.3 is 0 Å². The van der Waals surface area contributed by atoms with Crippen LogP contribution in [0.1, 0.15) is 13.8 Å². The third-order valence-electron chi connectivity index (χ3n) is 2.83. The van der Waals surface area contributed by atoms with E-state index in [0.717, 1.165) is 32.1 Å². The molecule has 1 saturated heterocycles. The van der Waals surface area contributed by atoms with Gasteiger partial charge in [-0.2, -0.15) is 0 Å². The lowest BCUT2D eigenvalue weighted by Crippen LogP contribution is -2.51. The van der Waals surface area contributed by atoms with E-state index in [1.54, 1.807) is 12.4 Å². The summed E-state index contributed by atoms with van der Waals surface area (Å²) in [5.74, 6) is 0.936. The average molecular weight is 236 g/mol. The number of hydrogen-bond donors (Lipinski definition) is 1. The third kappa shape index (κ3) is 3.38. The zero-order valence-electron chi connectivity index (χ0n) is 10.5. The van der Waals surface area contributed by atoms with E-state index >= 15 is 0 Å². The number of aromatic nitrogens is 2. The first kappa shape index (κ1) is 12.3. The van der Waals surface area contributed by atoms with Gasteiger partial charge in [-0.15, -0.1) is 0 Å². The van der Waals surface area contributed by atoms with Gasteiger partial charge in [-0.05, 0) is 0 Å². The molecule has 94 valence electrons. The van der Waals surface area contributed by atoms with E-state index in [1.165, 1.54) is 0 Å². The molecule has 1 unspecified atom stereocenters.